The maximum Gasteiger partial charge on any atom is 0.251 e. The molecule has 2 N–H and O–H groups in total. The standard InChI is InChI=1S/C22H29N5O3/c28-21(18-3-5-19(6-4-18)30-14-13-26-10-1-2-11-26)25-16-22(29)7-12-27(17-22)20-15-23-8-9-24-20/h3-6,8-9,15,29H,1-2,7,10-14,16-17H2,(H,25,28). The fraction of sp³-hybridized carbons (Fsp3) is 0.500. The van der Waals surface area contributed by atoms with E-state index in [-0.39, 0.29) is 12.5 Å². The summed E-state index contributed by atoms with van der Waals surface area (Å²) in [5.41, 5.74) is -0.430. The summed E-state index contributed by atoms with van der Waals surface area (Å²) in [4.78, 5) is 25.2. The van der Waals surface area contributed by atoms with Gasteiger partial charge in [-0.25, -0.2) is 4.98 Å². The van der Waals surface area contributed by atoms with Crippen molar-refractivity contribution in [3.8, 4) is 5.75 Å². The topological polar surface area (TPSA) is 90.8 Å². The van der Waals surface area contributed by atoms with Gasteiger partial charge in [0.25, 0.3) is 5.91 Å². The SMILES string of the molecule is O=C(NCC1(O)CCN(c2cnccn2)C1)c1ccc(OCCN2CCCC2)cc1. The average molecular weight is 412 g/mol. The second-order valence-corrected chi connectivity index (χ2v) is 8.06. The smallest absolute Gasteiger partial charge is 0.251 e. The van der Waals surface area contributed by atoms with Crippen molar-refractivity contribution in [3.05, 3.63) is 48.4 Å². The highest BCUT2D eigenvalue weighted by Crippen LogP contribution is 2.24. The number of carbonyl (C=O) groups is 1. The van der Waals surface area contributed by atoms with Gasteiger partial charge >= 0.3 is 0 Å². The molecule has 1 atom stereocenters. The van der Waals surface area contributed by atoms with Gasteiger partial charge in [0.1, 0.15) is 23.8 Å². The zero-order valence-corrected chi connectivity index (χ0v) is 17.2. The zero-order valence-electron chi connectivity index (χ0n) is 17.2. The Morgan fingerprint density at radius 2 is 1.97 bits per heavy atom. The summed E-state index contributed by atoms with van der Waals surface area (Å²) in [7, 11) is 0. The Morgan fingerprint density at radius 1 is 1.17 bits per heavy atom. The van der Waals surface area contributed by atoms with Crippen molar-refractivity contribution in [1.29, 1.82) is 0 Å². The number of aliphatic hydroxyl groups is 1. The third kappa shape index (κ3) is 5.25. The maximum absolute atomic E-state index is 12.5. The van der Waals surface area contributed by atoms with Crippen LogP contribution in [0.5, 0.6) is 5.75 Å². The van der Waals surface area contributed by atoms with Gasteiger partial charge in [-0.1, -0.05) is 0 Å². The molecule has 3 heterocycles. The van der Waals surface area contributed by atoms with Crippen molar-refractivity contribution in [2.75, 3.05) is 50.8 Å². The van der Waals surface area contributed by atoms with Crippen molar-refractivity contribution < 1.29 is 14.6 Å². The minimum atomic E-state index is -0.980. The van der Waals surface area contributed by atoms with Crippen LogP contribution in [0.1, 0.15) is 29.6 Å². The minimum absolute atomic E-state index is 0.191. The van der Waals surface area contributed by atoms with Gasteiger partial charge < -0.3 is 20.1 Å². The number of anilines is 1. The first-order chi connectivity index (χ1) is 14.6. The Balaban J connectivity index is 1.22. The van der Waals surface area contributed by atoms with E-state index in [0.29, 0.717) is 31.7 Å². The molecule has 2 fully saturated rings. The van der Waals surface area contributed by atoms with E-state index in [1.165, 1.54) is 12.8 Å². The third-order valence-electron chi connectivity index (χ3n) is 5.78. The fourth-order valence-electron chi connectivity index (χ4n) is 4.00. The number of benzene rings is 1. The molecule has 0 bridgehead atoms. The number of aromatic nitrogens is 2. The summed E-state index contributed by atoms with van der Waals surface area (Å²) in [5, 5.41) is 13.7. The minimum Gasteiger partial charge on any atom is -0.492 e. The van der Waals surface area contributed by atoms with Crippen LogP contribution in [0.3, 0.4) is 0 Å². The third-order valence-corrected chi connectivity index (χ3v) is 5.78. The van der Waals surface area contributed by atoms with Gasteiger partial charge in [-0.2, -0.15) is 0 Å². The second-order valence-electron chi connectivity index (χ2n) is 8.06. The van der Waals surface area contributed by atoms with E-state index in [0.717, 1.165) is 31.2 Å². The average Bonchev–Trinajstić information content (AvgIpc) is 3.44. The van der Waals surface area contributed by atoms with Crippen LogP contribution in [-0.2, 0) is 0 Å². The number of amides is 1. The van der Waals surface area contributed by atoms with Gasteiger partial charge in [0, 0.05) is 44.1 Å². The maximum atomic E-state index is 12.5. The molecule has 0 spiro atoms. The highest BCUT2D eigenvalue weighted by atomic mass is 16.5. The van der Waals surface area contributed by atoms with Gasteiger partial charge in [-0.15, -0.1) is 0 Å². The lowest BCUT2D eigenvalue weighted by atomic mass is 10.0. The molecule has 4 rings (SSSR count). The normalized spacial score (nSPS) is 21.7. The molecule has 0 aliphatic carbocycles. The number of β-amino-alcohol motifs (C(OH)–C–C–N with tert-alkyl or cyclic N) is 1. The molecule has 1 aromatic carbocycles. The van der Waals surface area contributed by atoms with Gasteiger partial charge in [-0.05, 0) is 56.6 Å². The lowest BCUT2D eigenvalue weighted by molar-refractivity contribution is 0.0575. The van der Waals surface area contributed by atoms with Crippen LogP contribution < -0.4 is 15.0 Å². The molecule has 1 unspecified atom stereocenters. The first kappa shape index (κ1) is 20.6. The van der Waals surface area contributed by atoms with E-state index in [2.05, 4.69) is 20.2 Å². The Morgan fingerprint density at radius 3 is 2.70 bits per heavy atom. The van der Waals surface area contributed by atoms with Crippen molar-refractivity contribution in [1.82, 2.24) is 20.2 Å². The highest BCUT2D eigenvalue weighted by Gasteiger charge is 2.37. The first-order valence-electron chi connectivity index (χ1n) is 10.6. The van der Waals surface area contributed by atoms with E-state index in [1.54, 1.807) is 30.7 Å². The van der Waals surface area contributed by atoms with E-state index in [1.807, 2.05) is 17.0 Å². The predicted molar refractivity (Wildman–Crippen MR) is 114 cm³/mol. The summed E-state index contributed by atoms with van der Waals surface area (Å²) >= 11 is 0. The zero-order chi connectivity index (χ0) is 20.8. The first-order valence-corrected chi connectivity index (χ1v) is 10.6. The van der Waals surface area contributed by atoms with Gasteiger partial charge in [0.05, 0.1) is 6.20 Å². The molecule has 30 heavy (non-hydrogen) atoms. The Labute approximate surface area is 176 Å². The van der Waals surface area contributed by atoms with Crippen LogP contribution >= 0.6 is 0 Å². The summed E-state index contributed by atoms with van der Waals surface area (Å²) in [6.07, 6.45) is 8.05. The molecule has 2 aromatic rings. The van der Waals surface area contributed by atoms with E-state index in [4.69, 9.17) is 4.74 Å². The molecule has 2 aliphatic rings. The predicted octanol–water partition coefficient (Wildman–Crippen LogP) is 1.32. The lowest BCUT2D eigenvalue weighted by Gasteiger charge is -2.24. The summed E-state index contributed by atoms with van der Waals surface area (Å²) < 4.78 is 5.78. The molecular weight excluding hydrogens is 382 g/mol. The quantitative estimate of drug-likeness (QED) is 0.677. The molecule has 1 amide bonds. The van der Waals surface area contributed by atoms with Crippen molar-refractivity contribution >= 4 is 11.7 Å². The van der Waals surface area contributed by atoms with Crippen molar-refractivity contribution in [2.45, 2.75) is 24.9 Å². The van der Waals surface area contributed by atoms with E-state index < -0.39 is 5.60 Å². The molecule has 8 heteroatoms. The van der Waals surface area contributed by atoms with Gasteiger partial charge in [-0.3, -0.25) is 14.7 Å². The van der Waals surface area contributed by atoms with Crippen LogP contribution in [0.15, 0.2) is 42.9 Å². The summed E-state index contributed by atoms with van der Waals surface area (Å²) in [5.74, 6) is 1.30. The molecule has 1 aromatic heterocycles. The van der Waals surface area contributed by atoms with Crippen LogP contribution in [0.25, 0.3) is 0 Å². The van der Waals surface area contributed by atoms with Crippen LogP contribution in [-0.4, -0.2) is 77.4 Å². The van der Waals surface area contributed by atoms with Gasteiger partial charge in [0.2, 0.25) is 0 Å². The summed E-state index contributed by atoms with van der Waals surface area (Å²) in [6.45, 7) is 5.19. The monoisotopic (exact) mass is 411 g/mol. The number of carbonyl (C=O) groups excluding carboxylic acids is 1. The molecule has 0 radical (unpaired) electrons. The van der Waals surface area contributed by atoms with Crippen LogP contribution in [0.4, 0.5) is 5.82 Å². The second kappa shape index (κ2) is 9.40. The van der Waals surface area contributed by atoms with E-state index >= 15 is 0 Å². The molecule has 2 saturated heterocycles. The molecular formula is C22H29N5O3. The number of nitrogens with one attached hydrogen (secondary N) is 1. The molecule has 2 aliphatic heterocycles. The molecule has 160 valence electrons. The largest absolute Gasteiger partial charge is 0.492 e. The van der Waals surface area contributed by atoms with Crippen molar-refractivity contribution in [2.24, 2.45) is 0 Å². The molecule has 0 saturated carbocycles. The van der Waals surface area contributed by atoms with Gasteiger partial charge in [0.15, 0.2) is 0 Å². The molecule has 8 nitrogen and oxygen atoms in total. The Hall–Kier alpha value is -2.71. The number of hydrogen-bond acceptors (Lipinski definition) is 7. The number of nitrogens with zero attached hydrogens (tertiary/aromatic N) is 4. The van der Waals surface area contributed by atoms with Crippen LogP contribution in [0, 0.1) is 0 Å². The highest BCUT2D eigenvalue weighted by molar-refractivity contribution is 5.94. The van der Waals surface area contributed by atoms with E-state index in [9.17, 15) is 9.90 Å². The lowest BCUT2D eigenvalue weighted by Crippen LogP contribution is -2.45. The van der Waals surface area contributed by atoms with Crippen molar-refractivity contribution in [3.63, 3.8) is 0 Å². The Bertz CT molecular complexity index is 826. The summed E-state index contributed by atoms with van der Waals surface area (Å²) in [6, 6.07) is 7.15. The fourth-order valence-corrected chi connectivity index (χ4v) is 4.00. The van der Waals surface area contributed by atoms with Crippen LogP contribution in [0.2, 0.25) is 0 Å². The Kier molecular flexibility index (Phi) is 6.44. The number of ether oxygens (including phenoxy) is 1. The number of rotatable bonds is 8. The number of likely N-dealkylation sites (tertiary alicyclic amines) is 1. The number of hydrogen-bond donors (Lipinski definition) is 2.